The van der Waals surface area contributed by atoms with Gasteiger partial charge in [0.15, 0.2) is 0 Å². The van der Waals surface area contributed by atoms with E-state index < -0.39 is 0 Å². The topological polar surface area (TPSA) is 85.2 Å². The number of amides is 1. The van der Waals surface area contributed by atoms with E-state index in [2.05, 4.69) is 59.0 Å². The van der Waals surface area contributed by atoms with Gasteiger partial charge in [0.2, 0.25) is 17.7 Å². The van der Waals surface area contributed by atoms with E-state index in [0.29, 0.717) is 24.9 Å². The molecule has 0 radical (unpaired) electrons. The fourth-order valence-corrected chi connectivity index (χ4v) is 6.10. The number of likely N-dealkylation sites (tertiary alicyclic amines) is 1. The van der Waals surface area contributed by atoms with Gasteiger partial charge in [0.05, 0.1) is 35.3 Å². The Morgan fingerprint density at radius 2 is 1.79 bits per heavy atom. The molecule has 0 unspecified atom stereocenters. The van der Waals surface area contributed by atoms with Crippen LogP contribution in [0.4, 0.5) is 5.95 Å². The Hall–Kier alpha value is -3.85. The van der Waals surface area contributed by atoms with Gasteiger partial charge in [-0.05, 0) is 55.3 Å². The van der Waals surface area contributed by atoms with E-state index in [-0.39, 0.29) is 17.4 Å². The fraction of sp³-hybridized carbons (Fsp3) is 0.333. The largest absolute Gasteiger partial charge is 0.470 e. The molecule has 1 N–H and O–H groups in total. The second-order valence-electron chi connectivity index (χ2n) is 10.5. The Morgan fingerprint density at radius 3 is 2.44 bits per heavy atom. The number of nitrogens with zero attached hydrogens (tertiary/aromatic N) is 5. The van der Waals surface area contributed by atoms with Crippen LogP contribution in [0.2, 0.25) is 0 Å². The third kappa shape index (κ3) is 4.98. The van der Waals surface area contributed by atoms with Crippen LogP contribution in [0.5, 0.6) is 5.88 Å². The third-order valence-corrected chi connectivity index (χ3v) is 8.48. The smallest absolute Gasteiger partial charge is 0.237 e. The van der Waals surface area contributed by atoms with Crippen molar-refractivity contribution in [3.8, 4) is 17.1 Å². The molecule has 1 amide bonds. The summed E-state index contributed by atoms with van der Waals surface area (Å²) in [5.41, 5.74) is 4.89. The first-order chi connectivity index (χ1) is 18.9. The summed E-state index contributed by atoms with van der Waals surface area (Å²) < 4.78 is 11.3. The molecule has 0 spiro atoms. The van der Waals surface area contributed by atoms with Crippen molar-refractivity contribution >= 4 is 23.8 Å². The molecule has 2 aromatic carbocycles. The van der Waals surface area contributed by atoms with Gasteiger partial charge in [0.25, 0.3) is 0 Å². The number of hydrogen-bond donors (Lipinski definition) is 1. The number of rotatable bonds is 8. The van der Waals surface area contributed by atoms with Crippen LogP contribution in [0.25, 0.3) is 11.3 Å². The molecule has 1 saturated carbocycles. The first-order valence-electron chi connectivity index (χ1n) is 13.3. The van der Waals surface area contributed by atoms with Crippen molar-refractivity contribution in [1.82, 2.24) is 24.6 Å². The molecule has 2 fully saturated rings. The van der Waals surface area contributed by atoms with Gasteiger partial charge in [0, 0.05) is 24.9 Å². The zero-order valence-electron chi connectivity index (χ0n) is 22.4. The Labute approximate surface area is 232 Å². The summed E-state index contributed by atoms with van der Waals surface area (Å²) in [6.07, 6.45) is 6.51. The normalized spacial score (nSPS) is 16.3. The average molecular weight is 541 g/mol. The molecule has 3 heterocycles. The number of anilines is 1. The maximum atomic E-state index is 13.5. The minimum absolute atomic E-state index is 0.110. The van der Waals surface area contributed by atoms with Gasteiger partial charge >= 0.3 is 0 Å². The summed E-state index contributed by atoms with van der Waals surface area (Å²) in [7, 11) is 1.88. The van der Waals surface area contributed by atoms with Gasteiger partial charge in [-0.25, -0.2) is 4.98 Å². The van der Waals surface area contributed by atoms with E-state index in [1.54, 1.807) is 10.9 Å². The first-order valence-corrected chi connectivity index (χ1v) is 14.1. The predicted molar refractivity (Wildman–Crippen MR) is 153 cm³/mol. The molecule has 4 aromatic rings. The zero-order chi connectivity index (χ0) is 27.0. The summed E-state index contributed by atoms with van der Waals surface area (Å²) in [6.45, 7) is 5.29. The Kier molecular flexibility index (Phi) is 6.76. The van der Waals surface area contributed by atoms with Crippen molar-refractivity contribution in [3.05, 3.63) is 83.7 Å². The molecule has 0 atom stereocenters. The van der Waals surface area contributed by atoms with Crippen LogP contribution >= 0.6 is 11.9 Å². The molecule has 1 saturated heterocycles. The number of benzene rings is 2. The van der Waals surface area contributed by atoms with Crippen molar-refractivity contribution in [1.29, 1.82) is 0 Å². The van der Waals surface area contributed by atoms with Crippen LogP contribution in [0.15, 0.2) is 71.9 Å². The van der Waals surface area contributed by atoms with E-state index in [4.69, 9.17) is 9.72 Å². The van der Waals surface area contributed by atoms with Crippen molar-refractivity contribution < 1.29 is 9.53 Å². The van der Waals surface area contributed by atoms with E-state index in [1.165, 1.54) is 11.9 Å². The van der Waals surface area contributed by atoms with Gasteiger partial charge in [-0.2, -0.15) is 10.1 Å². The predicted octanol–water partition coefficient (Wildman–Crippen LogP) is 5.32. The summed E-state index contributed by atoms with van der Waals surface area (Å²) in [6, 6.07) is 18.3. The lowest BCUT2D eigenvalue weighted by molar-refractivity contribution is -0.150. The lowest BCUT2D eigenvalue weighted by Crippen LogP contribution is -2.62. The van der Waals surface area contributed by atoms with Crippen molar-refractivity contribution in [2.45, 2.75) is 49.5 Å². The molecular weight excluding hydrogens is 508 g/mol. The molecule has 1 aliphatic carbocycles. The molecular formula is C30H32N6O2S. The monoisotopic (exact) mass is 540 g/mol. The molecule has 2 aliphatic rings. The molecule has 39 heavy (non-hydrogen) atoms. The molecule has 6 rings (SSSR count). The second kappa shape index (κ2) is 10.4. The fourth-order valence-electron chi connectivity index (χ4n) is 5.50. The van der Waals surface area contributed by atoms with Crippen LogP contribution in [0.1, 0.15) is 36.0 Å². The van der Waals surface area contributed by atoms with Crippen molar-refractivity contribution in [3.63, 3.8) is 0 Å². The van der Waals surface area contributed by atoms with Crippen LogP contribution in [0.3, 0.4) is 0 Å². The number of hydrogen-bond acceptors (Lipinski definition) is 7. The minimum atomic E-state index is -0.378. The van der Waals surface area contributed by atoms with Crippen LogP contribution in [-0.4, -0.2) is 49.7 Å². The summed E-state index contributed by atoms with van der Waals surface area (Å²) in [4.78, 5) is 25.9. The number of aryl methyl sites for hydroxylation is 3. The number of ether oxygens (including phenoxy) is 1. The van der Waals surface area contributed by atoms with Crippen molar-refractivity contribution in [2.24, 2.45) is 7.05 Å². The number of carbonyl (C=O) groups excluding carboxylic acids is 1. The standard InChI is InChI=1S/C30H32N6O2S/c1-20-9-7-10-21(2)27(20)25-15-26(33-29(32-25)34-39-24-16-31-35(3)19-24)38-23-17-36(18-23)28(37)30(13-8-14-30)22-11-5-4-6-12-22/h4-7,9-12,15-16,19,23H,8,13-14,17-18H2,1-3H3,(H,32,33,34). The van der Waals surface area contributed by atoms with Crippen LogP contribution in [-0.2, 0) is 17.3 Å². The van der Waals surface area contributed by atoms with Gasteiger partial charge in [-0.1, -0.05) is 55.0 Å². The van der Waals surface area contributed by atoms with Gasteiger partial charge in [-0.3, -0.25) is 14.2 Å². The number of nitrogens with one attached hydrogen (secondary N) is 1. The molecule has 8 nitrogen and oxygen atoms in total. The maximum Gasteiger partial charge on any atom is 0.237 e. The molecule has 9 heteroatoms. The zero-order valence-corrected chi connectivity index (χ0v) is 23.2. The lowest BCUT2D eigenvalue weighted by atomic mass is 9.63. The highest BCUT2D eigenvalue weighted by Crippen LogP contribution is 2.46. The highest BCUT2D eigenvalue weighted by atomic mass is 32.2. The second-order valence-corrected chi connectivity index (χ2v) is 11.4. The summed E-state index contributed by atoms with van der Waals surface area (Å²) >= 11 is 1.40. The molecule has 2 aromatic heterocycles. The molecule has 0 bridgehead atoms. The summed E-state index contributed by atoms with van der Waals surface area (Å²) in [5.74, 6) is 1.17. The minimum Gasteiger partial charge on any atom is -0.470 e. The quantitative estimate of drug-likeness (QED) is 0.303. The van der Waals surface area contributed by atoms with E-state index in [1.807, 2.05) is 42.4 Å². The van der Waals surface area contributed by atoms with Gasteiger partial charge < -0.3 is 9.64 Å². The molecule has 1 aliphatic heterocycles. The first kappa shape index (κ1) is 25.4. The Balaban J connectivity index is 1.19. The average Bonchev–Trinajstić information content (AvgIpc) is 3.29. The summed E-state index contributed by atoms with van der Waals surface area (Å²) in [5, 5.41) is 4.22. The van der Waals surface area contributed by atoms with Crippen molar-refractivity contribution in [2.75, 3.05) is 17.8 Å². The van der Waals surface area contributed by atoms with Gasteiger partial charge in [-0.15, -0.1) is 0 Å². The highest BCUT2D eigenvalue weighted by Gasteiger charge is 2.50. The van der Waals surface area contributed by atoms with E-state index in [9.17, 15) is 4.79 Å². The van der Waals surface area contributed by atoms with Crippen LogP contribution < -0.4 is 9.46 Å². The lowest BCUT2D eigenvalue weighted by Gasteiger charge is -2.48. The maximum absolute atomic E-state index is 13.5. The SMILES string of the molecule is Cc1cccc(C)c1-c1cc(OC2CN(C(=O)C3(c4ccccc4)CCC3)C2)nc(NSc2cnn(C)c2)n1. The van der Waals surface area contributed by atoms with Crippen LogP contribution in [0, 0.1) is 13.8 Å². The highest BCUT2D eigenvalue weighted by molar-refractivity contribution is 8.00. The Morgan fingerprint density at radius 1 is 1.05 bits per heavy atom. The molecule has 200 valence electrons. The van der Waals surface area contributed by atoms with E-state index in [0.717, 1.165) is 52.1 Å². The number of carbonyl (C=O) groups is 1. The van der Waals surface area contributed by atoms with Gasteiger partial charge in [0.1, 0.15) is 6.10 Å². The number of aromatic nitrogens is 4. The third-order valence-electron chi connectivity index (χ3n) is 7.75. The van der Waals surface area contributed by atoms with E-state index >= 15 is 0 Å². The Bertz CT molecular complexity index is 1470.